The van der Waals surface area contributed by atoms with Crippen LogP contribution in [-0.4, -0.2) is 29.3 Å². The molecule has 3 rings (SSSR count). The van der Waals surface area contributed by atoms with Gasteiger partial charge in [-0.2, -0.15) is 0 Å². The molecular weight excluding hydrogens is 452 g/mol. The minimum atomic E-state index is -0.594. The molecule has 0 atom stereocenters. The number of carbonyl (C=O) groups is 3. The number of carbonyl (C=O) groups excluding carboxylic acids is 3. The van der Waals surface area contributed by atoms with Crippen LogP contribution in [0, 0.1) is 0 Å². The first-order valence-electron chi connectivity index (χ1n) is 8.82. The van der Waals surface area contributed by atoms with E-state index in [0.29, 0.717) is 5.69 Å². The minimum absolute atomic E-state index is 0.159. The van der Waals surface area contributed by atoms with E-state index in [-0.39, 0.29) is 29.5 Å². The van der Waals surface area contributed by atoms with Crippen molar-refractivity contribution >= 4 is 39.3 Å². The Bertz CT molecular complexity index is 1040. The molecule has 0 saturated heterocycles. The zero-order chi connectivity index (χ0) is 21.3. The van der Waals surface area contributed by atoms with Crippen LogP contribution in [0.2, 0.25) is 0 Å². The van der Waals surface area contributed by atoms with Gasteiger partial charge in [-0.3, -0.25) is 30.2 Å². The lowest BCUT2D eigenvalue weighted by atomic mass is 10.2. The number of aromatic nitrogens is 1. The Morgan fingerprint density at radius 1 is 0.867 bits per heavy atom. The van der Waals surface area contributed by atoms with E-state index in [9.17, 15) is 14.4 Å². The van der Waals surface area contributed by atoms with Crippen molar-refractivity contribution < 1.29 is 19.1 Å². The molecule has 0 radical (unpaired) electrons. The molecule has 3 N–H and O–H groups in total. The maximum Gasteiger partial charge on any atom is 0.288 e. The highest BCUT2D eigenvalue weighted by atomic mass is 79.9. The monoisotopic (exact) mass is 468 g/mol. The first kappa shape index (κ1) is 21.0. The lowest BCUT2D eigenvalue weighted by Gasteiger charge is -2.12. The molecule has 3 aromatic rings. The van der Waals surface area contributed by atoms with Crippen molar-refractivity contribution in [2.24, 2.45) is 0 Å². The summed E-state index contributed by atoms with van der Waals surface area (Å²) >= 11 is 3.32. The summed E-state index contributed by atoms with van der Waals surface area (Å²) in [6, 6.07) is 18.3. The van der Waals surface area contributed by atoms with Gasteiger partial charge in [-0.05, 0) is 48.5 Å². The van der Waals surface area contributed by atoms with Gasteiger partial charge in [0.05, 0.1) is 5.56 Å². The lowest BCUT2D eigenvalue weighted by Crippen LogP contribution is -2.42. The van der Waals surface area contributed by atoms with Gasteiger partial charge in [-0.1, -0.05) is 34.1 Å². The summed E-state index contributed by atoms with van der Waals surface area (Å²) < 4.78 is 6.40. The van der Waals surface area contributed by atoms with E-state index in [1.807, 2.05) is 0 Å². The Hall–Kier alpha value is -3.72. The van der Waals surface area contributed by atoms with E-state index < -0.39 is 11.8 Å². The van der Waals surface area contributed by atoms with E-state index >= 15 is 0 Å². The van der Waals surface area contributed by atoms with Crippen LogP contribution >= 0.6 is 15.9 Å². The standard InChI is InChI=1S/C21H17BrN4O4/c22-14-8-10-15(11-9-14)24-19(27)13-30-18-7-2-1-5-16(18)20(28)25-26-21(29)17-6-3-4-12-23-17/h1-12H,13H2,(H,24,27)(H,25,28)(H,26,29). The molecule has 0 aliphatic carbocycles. The molecule has 0 bridgehead atoms. The molecule has 0 aliphatic heterocycles. The second-order valence-corrected chi connectivity index (χ2v) is 6.88. The van der Waals surface area contributed by atoms with Crippen LogP contribution in [0.3, 0.4) is 0 Å². The van der Waals surface area contributed by atoms with E-state index in [1.54, 1.807) is 54.6 Å². The number of nitrogens with zero attached hydrogens (tertiary/aromatic N) is 1. The number of ether oxygens (including phenoxy) is 1. The summed E-state index contributed by atoms with van der Waals surface area (Å²) in [5.74, 6) is -1.33. The molecule has 0 saturated carbocycles. The predicted molar refractivity (Wildman–Crippen MR) is 114 cm³/mol. The van der Waals surface area contributed by atoms with Crippen LogP contribution in [0.4, 0.5) is 5.69 Å². The van der Waals surface area contributed by atoms with E-state index in [2.05, 4.69) is 37.1 Å². The van der Waals surface area contributed by atoms with Gasteiger partial charge in [0.1, 0.15) is 11.4 Å². The molecule has 9 heteroatoms. The smallest absolute Gasteiger partial charge is 0.288 e. The van der Waals surface area contributed by atoms with Crippen molar-refractivity contribution in [3.8, 4) is 5.75 Å². The third-order valence-corrected chi connectivity index (χ3v) is 4.33. The van der Waals surface area contributed by atoms with E-state index in [4.69, 9.17) is 4.74 Å². The molecule has 0 fully saturated rings. The molecule has 0 unspecified atom stereocenters. The number of para-hydroxylation sites is 1. The molecule has 1 heterocycles. The van der Waals surface area contributed by atoms with Crippen LogP contribution in [0.5, 0.6) is 5.75 Å². The fourth-order valence-electron chi connectivity index (χ4n) is 2.40. The number of rotatable bonds is 6. The van der Waals surface area contributed by atoms with Gasteiger partial charge in [-0.15, -0.1) is 0 Å². The molecule has 0 aliphatic rings. The van der Waals surface area contributed by atoms with Crippen molar-refractivity contribution in [2.75, 3.05) is 11.9 Å². The van der Waals surface area contributed by atoms with Crippen molar-refractivity contribution in [3.63, 3.8) is 0 Å². The van der Waals surface area contributed by atoms with Gasteiger partial charge in [0.2, 0.25) is 0 Å². The van der Waals surface area contributed by atoms with Gasteiger partial charge in [0.25, 0.3) is 17.7 Å². The quantitative estimate of drug-likeness (QED) is 0.481. The van der Waals surface area contributed by atoms with Crippen molar-refractivity contribution in [1.82, 2.24) is 15.8 Å². The summed E-state index contributed by atoms with van der Waals surface area (Å²) in [5.41, 5.74) is 5.54. The number of hydrogen-bond acceptors (Lipinski definition) is 5. The number of anilines is 1. The zero-order valence-electron chi connectivity index (χ0n) is 15.6. The average molecular weight is 469 g/mol. The number of nitrogens with one attached hydrogen (secondary N) is 3. The van der Waals surface area contributed by atoms with Crippen LogP contribution in [0.15, 0.2) is 77.4 Å². The van der Waals surface area contributed by atoms with Crippen LogP contribution in [0.1, 0.15) is 20.8 Å². The summed E-state index contributed by atoms with van der Waals surface area (Å²) in [6.07, 6.45) is 1.47. The van der Waals surface area contributed by atoms with Crippen LogP contribution in [-0.2, 0) is 4.79 Å². The highest BCUT2D eigenvalue weighted by Crippen LogP contribution is 2.18. The van der Waals surface area contributed by atoms with Gasteiger partial charge >= 0.3 is 0 Å². The molecule has 0 spiro atoms. The van der Waals surface area contributed by atoms with Crippen LogP contribution in [0.25, 0.3) is 0 Å². The highest BCUT2D eigenvalue weighted by molar-refractivity contribution is 9.10. The minimum Gasteiger partial charge on any atom is -0.483 e. The molecular formula is C21H17BrN4O4. The lowest BCUT2D eigenvalue weighted by molar-refractivity contribution is -0.118. The zero-order valence-corrected chi connectivity index (χ0v) is 17.2. The fraction of sp³-hybridized carbons (Fsp3) is 0.0476. The van der Waals surface area contributed by atoms with Gasteiger partial charge in [0, 0.05) is 16.4 Å². The number of hydrazine groups is 1. The number of amides is 3. The van der Waals surface area contributed by atoms with E-state index in [1.165, 1.54) is 18.3 Å². The van der Waals surface area contributed by atoms with Crippen LogP contribution < -0.4 is 20.9 Å². The summed E-state index contributed by atoms with van der Waals surface area (Å²) in [5, 5.41) is 2.70. The Morgan fingerprint density at radius 3 is 2.30 bits per heavy atom. The van der Waals surface area contributed by atoms with Gasteiger partial charge < -0.3 is 10.1 Å². The molecule has 3 amide bonds. The first-order valence-corrected chi connectivity index (χ1v) is 9.61. The second kappa shape index (κ2) is 10.2. The Morgan fingerprint density at radius 2 is 1.57 bits per heavy atom. The fourth-order valence-corrected chi connectivity index (χ4v) is 2.66. The SMILES string of the molecule is O=C(COc1ccccc1C(=O)NNC(=O)c1ccccn1)Nc1ccc(Br)cc1. The van der Waals surface area contributed by atoms with Crippen molar-refractivity contribution in [1.29, 1.82) is 0 Å². The number of benzene rings is 2. The molecule has 1 aromatic heterocycles. The molecule has 152 valence electrons. The Labute approximate surface area is 180 Å². The first-order chi connectivity index (χ1) is 14.5. The summed E-state index contributed by atoms with van der Waals surface area (Å²) in [7, 11) is 0. The predicted octanol–water partition coefficient (Wildman–Crippen LogP) is 2.94. The number of hydrogen-bond donors (Lipinski definition) is 3. The largest absolute Gasteiger partial charge is 0.483 e. The number of halogens is 1. The third kappa shape index (κ3) is 5.89. The van der Waals surface area contributed by atoms with E-state index in [0.717, 1.165) is 4.47 Å². The van der Waals surface area contributed by atoms with Crippen molar-refractivity contribution in [3.05, 3.63) is 88.7 Å². The maximum atomic E-state index is 12.4. The average Bonchev–Trinajstić information content (AvgIpc) is 2.78. The highest BCUT2D eigenvalue weighted by Gasteiger charge is 2.15. The second-order valence-electron chi connectivity index (χ2n) is 5.96. The van der Waals surface area contributed by atoms with Crippen molar-refractivity contribution in [2.45, 2.75) is 0 Å². The molecule has 2 aromatic carbocycles. The topological polar surface area (TPSA) is 109 Å². The molecule has 8 nitrogen and oxygen atoms in total. The Kier molecular flexibility index (Phi) is 7.12. The summed E-state index contributed by atoms with van der Waals surface area (Å²) in [4.78, 5) is 40.4. The normalized spacial score (nSPS) is 10.0. The summed E-state index contributed by atoms with van der Waals surface area (Å²) in [6.45, 7) is -0.291. The number of pyridine rings is 1. The van der Waals surface area contributed by atoms with Gasteiger partial charge in [0.15, 0.2) is 6.61 Å². The molecule has 30 heavy (non-hydrogen) atoms. The maximum absolute atomic E-state index is 12.4. The third-order valence-electron chi connectivity index (χ3n) is 3.81. The van der Waals surface area contributed by atoms with Gasteiger partial charge in [-0.25, -0.2) is 0 Å². The Balaban J connectivity index is 1.56.